The Kier molecular flexibility index (Phi) is 7.18. The predicted molar refractivity (Wildman–Crippen MR) is 87.5 cm³/mol. The molecule has 0 saturated heterocycles. The van der Waals surface area contributed by atoms with Gasteiger partial charge in [0.25, 0.3) is 0 Å². The fraction of sp³-hybridized carbons (Fsp3) is 0.625. The third-order valence-electron chi connectivity index (χ3n) is 3.34. The Morgan fingerprint density at radius 3 is 2.24 bits per heavy atom. The maximum atomic E-state index is 12.0. The van der Waals surface area contributed by atoms with Crippen LogP contribution < -0.4 is 5.32 Å². The summed E-state index contributed by atoms with van der Waals surface area (Å²) in [6.07, 6.45) is 0.631. The molecule has 0 saturated carbocycles. The Balaban J connectivity index is 2.77. The summed E-state index contributed by atoms with van der Waals surface area (Å²) in [6.45, 7) is 9.45. The molecule has 0 fully saturated rings. The maximum absolute atomic E-state index is 12.0. The first-order chi connectivity index (χ1) is 9.90. The topological polar surface area (TPSA) is 55.4 Å². The van der Waals surface area contributed by atoms with Crippen molar-refractivity contribution in [3.63, 3.8) is 0 Å². The van der Waals surface area contributed by atoms with Crippen LogP contribution in [0.15, 0.2) is 29.2 Å². The molecular weight excluding hydrogens is 286 g/mol. The van der Waals surface area contributed by atoms with Crippen molar-refractivity contribution in [2.75, 3.05) is 24.3 Å². The lowest BCUT2D eigenvalue weighted by Crippen LogP contribution is -2.30. The standard InChI is InChI=1S/C16H27NO3S/c1-5-11-21(18,19)15-9-7-14(8-10-15)17-16(13(3)4)12-20-6-2/h7-10,13,16-17H,5-6,11-12H2,1-4H3. The van der Waals surface area contributed by atoms with Gasteiger partial charge in [-0.25, -0.2) is 8.42 Å². The molecule has 1 rings (SSSR count). The Hall–Kier alpha value is -1.07. The van der Waals surface area contributed by atoms with Crippen molar-refractivity contribution in [3.05, 3.63) is 24.3 Å². The summed E-state index contributed by atoms with van der Waals surface area (Å²) < 4.78 is 29.4. The monoisotopic (exact) mass is 313 g/mol. The number of ether oxygens (including phenoxy) is 1. The average Bonchev–Trinajstić information content (AvgIpc) is 2.43. The van der Waals surface area contributed by atoms with E-state index in [0.29, 0.717) is 30.4 Å². The van der Waals surface area contributed by atoms with Gasteiger partial charge in [-0.1, -0.05) is 20.8 Å². The highest BCUT2D eigenvalue weighted by molar-refractivity contribution is 7.91. The lowest BCUT2D eigenvalue weighted by molar-refractivity contribution is 0.127. The van der Waals surface area contributed by atoms with E-state index >= 15 is 0 Å². The minimum absolute atomic E-state index is 0.193. The van der Waals surface area contributed by atoms with E-state index in [2.05, 4.69) is 19.2 Å². The molecule has 4 nitrogen and oxygen atoms in total. The van der Waals surface area contributed by atoms with Gasteiger partial charge in [0.1, 0.15) is 0 Å². The molecule has 0 bridgehead atoms. The van der Waals surface area contributed by atoms with Crippen LogP contribution >= 0.6 is 0 Å². The molecule has 0 heterocycles. The fourth-order valence-corrected chi connectivity index (χ4v) is 3.33. The number of sulfone groups is 1. The second-order valence-corrected chi connectivity index (χ2v) is 7.61. The molecule has 0 aromatic heterocycles. The molecule has 1 unspecified atom stereocenters. The van der Waals surface area contributed by atoms with Crippen LogP contribution in [0.3, 0.4) is 0 Å². The summed E-state index contributed by atoms with van der Waals surface area (Å²) in [5, 5.41) is 3.40. The van der Waals surface area contributed by atoms with Crippen LogP contribution in [0.5, 0.6) is 0 Å². The molecular formula is C16H27NO3S. The second kappa shape index (κ2) is 8.39. The normalized spacial score (nSPS) is 13.4. The van der Waals surface area contributed by atoms with Crippen molar-refractivity contribution in [2.45, 2.75) is 45.1 Å². The highest BCUT2D eigenvalue weighted by Gasteiger charge is 2.15. The average molecular weight is 313 g/mol. The van der Waals surface area contributed by atoms with Crippen LogP contribution in [0.1, 0.15) is 34.1 Å². The van der Waals surface area contributed by atoms with E-state index in [-0.39, 0.29) is 11.8 Å². The first kappa shape index (κ1) is 18.0. The van der Waals surface area contributed by atoms with Gasteiger partial charge in [-0.3, -0.25) is 0 Å². The van der Waals surface area contributed by atoms with Crippen molar-refractivity contribution >= 4 is 15.5 Å². The zero-order valence-corrected chi connectivity index (χ0v) is 14.2. The molecule has 1 aromatic rings. The molecule has 0 aliphatic heterocycles. The largest absolute Gasteiger partial charge is 0.380 e. The minimum atomic E-state index is -3.14. The van der Waals surface area contributed by atoms with Crippen molar-refractivity contribution in [2.24, 2.45) is 5.92 Å². The van der Waals surface area contributed by atoms with E-state index in [1.807, 2.05) is 26.0 Å². The van der Waals surface area contributed by atoms with E-state index in [4.69, 9.17) is 4.74 Å². The quantitative estimate of drug-likeness (QED) is 0.759. The number of hydrogen-bond acceptors (Lipinski definition) is 4. The number of nitrogens with one attached hydrogen (secondary N) is 1. The van der Waals surface area contributed by atoms with Crippen LogP contribution in [-0.4, -0.2) is 33.4 Å². The van der Waals surface area contributed by atoms with E-state index in [9.17, 15) is 8.42 Å². The Labute approximate surface area is 128 Å². The maximum Gasteiger partial charge on any atom is 0.178 e. The van der Waals surface area contributed by atoms with E-state index in [0.717, 1.165) is 5.69 Å². The van der Waals surface area contributed by atoms with Crippen LogP contribution in [0.25, 0.3) is 0 Å². The van der Waals surface area contributed by atoms with Crippen molar-refractivity contribution in [1.82, 2.24) is 0 Å². The highest BCUT2D eigenvalue weighted by atomic mass is 32.2. The molecule has 21 heavy (non-hydrogen) atoms. The molecule has 1 atom stereocenters. The number of benzene rings is 1. The summed E-state index contributed by atoms with van der Waals surface area (Å²) >= 11 is 0. The number of rotatable bonds is 9. The molecule has 0 spiro atoms. The second-order valence-electron chi connectivity index (χ2n) is 5.50. The summed E-state index contributed by atoms with van der Waals surface area (Å²) in [7, 11) is -3.14. The van der Waals surface area contributed by atoms with Gasteiger partial charge < -0.3 is 10.1 Å². The lowest BCUT2D eigenvalue weighted by Gasteiger charge is -2.23. The van der Waals surface area contributed by atoms with E-state index < -0.39 is 9.84 Å². The van der Waals surface area contributed by atoms with Gasteiger partial charge in [0.15, 0.2) is 9.84 Å². The van der Waals surface area contributed by atoms with Gasteiger partial charge in [0, 0.05) is 12.3 Å². The smallest absolute Gasteiger partial charge is 0.178 e. The minimum Gasteiger partial charge on any atom is -0.380 e. The predicted octanol–water partition coefficient (Wildman–Crippen LogP) is 3.34. The van der Waals surface area contributed by atoms with Gasteiger partial charge in [0.2, 0.25) is 0 Å². The first-order valence-corrected chi connectivity index (χ1v) is 9.23. The Bertz CT molecular complexity index is 509. The number of hydrogen-bond donors (Lipinski definition) is 1. The molecule has 1 N–H and O–H groups in total. The molecule has 120 valence electrons. The van der Waals surface area contributed by atoms with Crippen LogP contribution in [0, 0.1) is 5.92 Å². The lowest BCUT2D eigenvalue weighted by atomic mass is 10.1. The third-order valence-corrected chi connectivity index (χ3v) is 5.28. The molecule has 1 aromatic carbocycles. The SMILES string of the molecule is CCCS(=O)(=O)c1ccc(NC(COCC)C(C)C)cc1. The fourth-order valence-electron chi connectivity index (χ4n) is 2.00. The molecule has 0 amide bonds. The zero-order valence-electron chi connectivity index (χ0n) is 13.4. The van der Waals surface area contributed by atoms with Crippen molar-refractivity contribution in [1.29, 1.82) is 0 Å². The van der Waals surface area contributed by atoms with Gasteiger partial charge in [-0.05, 0) is 43.5 Å². The number of anilines is 1. The van der Waals surface area contributed by atoms with Gasteiger partial charge >= 0.3 is 0 Å². The highest BCUT2D eigenvalue weighted by Crippen LogP contribution is 2.18. The van der Waals surface area contributed by atoms with Crippen LogP contribution in [0.4, 0.5) is 5.69 Å². The molecule has 0 aliphatic carbocycles. The van der Waals surface area contributed by atoms with Crippen molar-refractivity contribution in [3.8, 4) is 0 Å². The summed E-state index contributed by atoms with van der Waals surface area (Å²) in [5.74, 6) is 0.624. The molecule has 0 aliphatic rings. The molecule has 5 heteroatoms. The van der Waals surface area contributed by atoms with Gasteiger partial charge in [-0.15, -0.1) is 0 Å². The Morgan fingerprint density at radius 1 is 1.14 bits per heavy atom. The van der Waals surface area contributed by atoms with Crippen LogP contribution in [-0.2, 0) is 14.6 Å². The van der Waals surface area contributed by atoms with Crippen LogP contribution in [0.2, 0.25) is 0 Å². The van der Waals surface area contributed by atoms with Crippen molar-refractivity contribution < 1.29 is 13.2 Å². The summed E-state index contributed by atoms with van der Waals surface area (Å²) in [5.41, 5.74) is 0.920. The van der Waals surface area contributed by atoms with Gasteiger partial charge in [-0.2, -0.15) is 0 Å². The Morgan fingerprint density at radius 2 is 1.76 bits per heavy atom. The van der Waals surface area contributed by atoms with E-state index in [1.165, 1.54) is 0 Å². The van der Waals surface area contributed by atoms with E-state index in [1.54, 1.807) is 12.1 Å². The zero-order chi connectivity index (χ0) is 15.9. The third kappa shape index (κ3) is 5.67. The van der Waals surface area contributed by atoms with Gasteiger partial charge in [0.05, 0.1) is 23.3 Å². The summed E-state index contributed by atoms with van der Waals surface area (Å²) in [6, 6.07) is 7.20. The summed E-state index contributed by atoms with van der Waals surface area (Å²) in [4.78, 5) is 0.390. The first-order valence-electron chi connectivity index (χ1n) is 7.57. The molecule has 0 radical (unpaired) electrons.